The van der Waals surface area contributed by atoms with Crippen LogP contribution >= 0.6 is 0 Å². The first kappa shape index (κ1) is 21.8. The molecule has 142 valence electrons. The molecule has 1 rings (SSSR count). The van der Waals surface area contributed by atoms with Crippen LogP contribution in [-0.2, 0) is 38.1 Å². The number of aliphatic hydroxyl groups is 1. The first-order valence-electron chi connectivity index (χ1n) is 7.56. The van der Waals surface area contributed by atoms with Gasteiger partial charge in [0, 0.05) is 6.61 Å². The fourth-order valence-corrected chi connectivity index (χ4v) is 3.18. The fraction of sp³-hybridized carbons (Fsp3) is 1.00. The predicted octanol–water partition coefficient (Wildman–Crippen LogP) is -1.79. The van der Waals surface area contributed by atoms with Crippen LogP contribution in [0.15, 0.2) is 0 Å². The van der Waals surface area contributed by atoms with E-state index in [-0.39, 0.29) is 0 Å². The summed E-state index contributed by atoms with van der Waals surface area (Å²) in [7, 11) is -6.05. The van der Waals surface area contributed by atoms with Crippen LogP contribution in [0.4, 0.5) is 0 Å². The molecule has 1 unspecified atom stereocenters. The molecule has 3 atom stereocenters. The summed E-state index contributed by atoms with van der Waals surface area (Å²) in [6.45, 7) is 1.20. The summed E-state index contributed by atoms with van der Waals surface area (Å²) in [6, 6.07) is -0.706. The standard InChI is InChI=1S/C12H25BO9S2/c1-4-5-6-19-10-9(14)11(13)22-12(10,7-20-23(2,15)16)8-21-24(3,17)18/h9-11,14H,4-8,13H2,1-3H3/t9?,10-,11-/m1/s1. The Kier molecular flexibility index (Phi) is 7.66. The zero-order valence-corrected chi connectivity index (χ0v) is 15.9. The van der Waals surface area contributed by atoms with Gasteiger partial charge in [-0.2, -0.15) is 16.8 Å². The van der Waals surface area contributed by atoms with Crippen LogP contribution < -0.4 is 0 Å². The van der Waals surface area contributed by atoms with Crippen molar-refractivity contribution in [2.45, 2.75) is 43.6 Å². The highest BCUT2D eigenvalue weighted by atomic mass is 32.2. The molecule has 0 amide bonds. The quantitative estimate of drug-likeness (QED) is 0.262. The fourth-order valence-electron chi connectivity index (χ4n) is 2.36. The van der Waals surface area contributed by atoms with E-state index in [0.29, 0.717) is 13.0 Å². The second kappa shape index (κ2) is 8.43. The van der Waals surface area contributed by atoms with E-state index in [9.17, 15) is 21.9 Å². The number of unbranched alkanes of at least 4 members (excludes halogenated alkanes) is 1. The normalized spacial score (nSPS) is 27.4. The molecule has 1 N–H and O–H groups in total. The number of ether oxygens (including phenoxy) is 2. The van der Waals surface area contributed by atoms with Crippen molar-refractivity contribution in [3.05, 3.63) is 0 Å². The number of aliphatic hydroxyl groups excluding tert-OH is 1. The van der Waals surface area contributed by atoms with E-state index >= 15 is 0 Å². The Morgan fingerprint density at radius 3 is 2.04 bits per heavy atom. The molecule has 0 aromatic heterocycles. The second-order valence-corrected chi connectivity index (χ2v) is 9.24. The first-order chi connectivity index (χ1) is 10.9. The van der Waals surface area contributed by atoms with Gasteiger partial charge in [-0.25, -0.2) is 0 Å². The minimum atomic E-state index is -3.81. The summed E-state index contributed by atoms with van der Waals surface area (Å²) >= 11 is 0. The lowest BCUT2D eigenvalue weighted by Crippen LogP contribution is -2.52. The Balaban J connectivity index is 3.05. The molecule has 1 fully saturated rings. The summed E-state index contributed by atoms with van der Waals surface area (Å²) in [5, 5.41) is 10.3. The molecule has 1 saturated heterocycles. The van der Waals surface area contributed by atoms with Crippen molar-refractivity contribution in [3.8, 4) is 0 Å². The third kappa shape index (κ3) is 6.58. The zero-order valence-electron chi connectivity index (χ0n) is 14.3. The molecule has 0 aliphatic carbocycles. The van der Waals surface area contributed by atoms with Gasteiger partial charge in [0.25, 0.3) is 20.2 Å². The maximum absolute atomic E-state index is 11.3. The van der Waals surface area contributed by atoms with Crippen LogP contribution in [0.5, 0.6) is 0 Å². The monoisotopic (exact) mass is 388 g/mol. The lowest BCUT2D eigenvalue weighted by molar-refractivity contribution is -0.134. The minimum Gasteiger partial charge on any atom is -0.388 e. The molecule has 1 aliphatic heterocycles. The molecule has 0 radical (unpaired) electrons. The van der Waals surface area contributed by atoms with Crippen molar-refractivity contribution in [2.75, 3.05) is 32.3 Å². The van der Waals surface area contributed by atoms with Crippen molar-refractivity contribution < 1.29 is 39.8 Å². The third-order valence-electron chi connectivity index (χ3n) is 3.56. The molecular formula is C12H25BO9S2. The van der Waals surface area contributed by atoms with Crippen LogP contribution in [-0.4, -0.2) is 85.9 Å². The maximum Gasteiger partial charge on any atom is 0.264 e. The van der Waals surface area contributed by atoms with Gasteiger partial charge in [-0.15, -0.1) is 0 Å². The van der Waals surface area contributed by atoms with Crippen molar-refractivity contribution in [2.24, 2.45) is 0 Å². The minimum absolute atomic E-state index is 0.299. The van der Waals surface area contributed by atoms with Crippen LogP contribution in [0.1, 0.15) is 19.8 Å². The van der Waals surface area contributed by atoms with E-state index in [1.807, 2.05) is 6.92 Å². The Morgan fingerprint density at radius 2 is 1.62 bits per heavy atom. The molecule has 0 aromatic rings. The molecule has 1 heterocycles. The third-order valence-corrected chi connectivity index (χ3v) is 4.65. The van der Waals surface area contributed by atoms with E-state index in [4.69, 9.17) is 17.8 Å². The van der Waals surface area contributed by atoms with E-state index in [1.54, 1.807) is 7.85 Å². The van der Waals surface area contributed by atoms with Crippen LogP contribution in [0, 0.1) is 0 Å². The van der Waals surface area contributed by atoms with Gasteiger partial charge < -0.3 is 14.6 Å². The number of hydrogen-bond acceptors (Lipinski definition) is 9. The van der Waals surface area contributed by atoms with E-state index in [0.717, 1.165) is 18.9 Å². The molecule has 24 heavy (non-hydrogen) atoms. The van der Waals surface area contributed by atoms with E-state index < -0.39 is 57.3 Å². The molecule has 0 aromatic carbocycles. The summed E-state index contributed by atoms with van der Waals surface area (Å²) in [6.07, 6.45) is 1.23. The lowest BCUT2D eigenvalue weighted by atomic mass is 9.89. The molecule has 0 saturated carbocycles. The first-order valence-corrected chi connectivity index (χ1v) is 11.2. The SMILES string of the molecule is B[C@@H]1OC(COS(C)(=O)=O)(COS(C)(=O)=O)[C@H](OCCCC)C1O. The van der Waals surface area contributed by atoms with Crippen molar-refractivity contribution in [3.63, 3.8) is 0 Å². The number of hydrogen-bond donors (Lipinski definition) is 1. The van der Waals surface area contributed by atoms with Gasteiger partial charge in [0.15, 0.2) is 0 Å². The van der Waals surface area contributed by atoms with Crippen molar-refractivity contribution in [1.29, 1.82) is 0 Å². The Hall–Kier alpha value is -0.235. The molecule has 12 heteroatoms. The number of rotatable bonds is 10. The van der Waals surface area contributed by atoms with Gasteiger partial charge in [0.05, 0.1) is 18.5 Å². The maximum atomic E-state index is 11.3. The van der Waals surface area contributed by atoms with Crippen molar-refractivity contribution >= 4 is 28.1 Å². The summed E-state index contributed by atoms with van der Waals surface area (Å²) in [5.41, 5.74) is -1.56. The molecular weight excluding hydrogens is 363 g/mol. The van der Waals surface area contributed by atoms with Crippen LogP contribution in [0.25, 0.3) is 0 Å². The van der Waals surface area contributed by atoms with E-state index in [1.165, 1.54) is 0 Å². The Morgan fingerprint density at radius 1 is 1.12 bits per heavy atom. The summed E-state index contributed by atoms with van der Waals surface area (Å²) < 4.78 is 66.2. The topological polar surface area (TPSA) is 125 Å². The second-order valence-electron chi connectivity index (χ2n) is 5.96. The van der Waals surface area contributed by atoms with Gasteiger partial charge in [-0.3, -0.25) is 8.37 Å². The predicted molar refractivity (Wildman–Crippen MR) is 88.4 cm³/mol. The van der Waals surface area contributed by atoms with Gasteiger partial charge in [0.2, 0.25) is 0 Å². The highest BCUT2D eigenvalue weighted by Gasteiger charge is 2.55. The van der Waals surface area contributed by atoms with Gasteiger partial charge in [-0.1, -0.05) is 13.3 Å². The largest absolute Gasteiger partial charge is 0.388 e. The lowest BCUT2D eigenvalue weighted by Gasteiger charge is -2.33. The van der Waals surface area contributed by atoms with Crippen LogP contribution in [0.3, 0.4) is 0 Å². The smallest absolute Gasteiger partial charge is 0.264 e. The van der Waals surface area contributed by atoms with E-state index in [2.05, 4.69) is 0 Å². The van der Waals surface area contributed by atoms with Gasteiger partial charge >= 0.3 is 0 Å². The molecule has 0 spiro atoms. The molecule has 0 bridgehead atoms. The molecule has 9 nitrogen and oxygen atoms in total. The summed E-state index contributed by atoms with van der Waals surface area (Å²) in [5.74, 6) is 0. The Labute approximate surface area is 144 Å². The zero-order chi connectivity index (χ0) is 18.6. The van der Waals surface area contributed by atoms with Gasteiger partial charge in [0.1, 0.15) is 38.9 Å². The average molecular weight is 388 g/mol. The molecule has 1 aliphatic rings. The Bertz CT molecular complexity index is 568. The van der Waals surface area contributed by atoms with Crippen LogP contribution in [0.2, 0.25) is 0 Å². The van der Waals surface area contributed by atoms with Gasteiger partial charge in [-0.05, 0) is 6.42 Å². The summed E-state index contributed by atoms with van der Waals surface area (Å²) in [4.78, 5) is 0. The average Bonchev–Trinajstić information content (AvgIpc) is 2.67. The van der Waals surface area contributed by atoms with Crippen molar-refractivity contribution in [1.82, 2.24) is 0 Å². The highest BCUT2D eigenvalue weighted by molar-refractivity contribution is 7.86. The highest BCUT2D eigenvalue weighted by Crippen LogP contribution is 2.34.